The number of carboxylic acid groups (broad SMARTS) is 1. The number of halogens is 1. The largest absolute Gasteiger partial charge is 0.548 e. The summed E-state index contributed by atoms with van der Waals surface area (Å²) in [4.78, 5) is 24.4. The molecule has 1 amide bonds. The van der Waals surface area contributed by atoms with Crippen molar-refractivity contribution in [2.75, 3.05) is 13.2 Å². The van der Waals surface area contributed by atoms with Crippen LogP contribution in [-0.4, -0.2) is 42.3 Å². The fraction of sp³-hybridized carbons (Fsp3) is 0.300. The first-order valence-electron chi connectivity index (χ1n) is 8.53. The highest BCUT2D eigenvalue weighted by Crippen LogP contribution is 2.44. The zero-order valence-electron chi connectivity index (χ0n) is 13.9. The molecule has 1 fully saturated rings. The van der Waals surface area contributed by atoms with Crippen LogP contribution in [0.25, 0.3) is 11.1 Å². The highest BCUT2D eigenvalue weighted by atomic mass is 19.1. The Bertz CT molecular complexity index is 823. The number of hydrogen-bond donors (Lipinski definition) is 0. The first kappa shape index (κ1) is 16.6. The van der Waals surface area contributed by atoms with Crippen molar-refractivity contribution in [2.45, 2.75) is 24.6 Å². The zero-order valence-corrected chi connectivity index (χ0v) is 13.9. The van der Waals surface area contributed by atoms with E-state index in [1.807, 2.05) is 48.5 Å². The van der Waals surface area contributed by atoms with Crippen LogP contribution in [0.3, 0.4) is 0 Å². The number of aliphatic carboxylic acids is 1. The molecule has 0 aromatic heterocycles. The van der Waals surface area contributed by atoms with Crippen molar-refractivity contribution >= 4 is 12.1 Å². The molecule has 2 aromatic carbocycles. The predicted octanol–water partition coefficient (Wildman–Crippen LogP) is 2.10. The normalized spacial score (nSPS) is 21.3. The number of alkyl halides is 1. The van der Waals surface area contributed by atoms with E-state index in [9.17, 15) is 19.1 Å². The molecule has 134 valence electrons. The molecule has 0 saturated carbocycles. The van der Waals surface area contributed by atoms with Gasteiger partial charge in [0.2, 0.25) is 0 Å². The van der Waals surface area contributed by atoms with E-state index in [0.29, 0.717) is 0 Å². The number of benzene rings is 2. The SMILES string of the molecule is O=C([O-])[C@@H]1C[C@H](F)CN1C(=O)OCC1c2ccccc2-c2ccccc21. The molecule has 5 nitrogen and oxygen atoms in total. The van der Waals surface area contributed by atoms with Crippen molar-refractivity contribution < 1.29 is 23.8 Å². The molecular weight excluding hydrogens is 337 g/mol. The first-order chi connectivity index (χ1) is 12.6. The summed E-state index contributed by atoms with van der Waals surface area (Å²) < 4.78 is 18.9. The molecule has 0 radical (unpaired) electrons. The third-order valence-corrected chi connectivity index (χ3v) is 5.09. The van der Waals surface area contributed by atoms with Crippen LogP contribution in [0, 0.1) is 0 Å². The fourth-order valence-electron chi connectivity index (χ4n) is 3.89. The maximum Gasteiger partial charge on any atom is 0.410 e. The van der Waals surface area contributed by atoms with E-state index in [1.165, 1.54) is 0 Å². The van der Waals surface area contributed by atoms with Gasteiger partial charge in [-0.2, -0.15) is 0 Å². The number of carboxylic acids is 1. The molecular formula is C20H17FNO4-. The average Bonchev–Trinajstić information content (AvgIpc) is 3.18. The van der Waals surface area contributed by atoms with Crippen molar-refractivity contribution in [1.82, 2.24) is 4.90 Å². The van der Waals surface area contributed by atoms with Crippen LogP contribution in [0.1, 0.15) is 23.5 Å². The number of amides is 1. The molecule has 0 N–H and O–H groups in total. The summed E-state index contributed by atoms with van der Waals surface area (Å²) in [5.74, 6) is -1.59. The second kappa shape index (κ2) is 6.44. The minimum atomic E-state index is -1.46. The maximum absolute atomic E-state index is 13.5. The molecule has 2 atom stereocenters. The fourth-order valence-corrected chi connectivity index (χ4v) is 3.89. The Hall–Kier alpha value is -2.89. The third-order valence-electron chi connectivity index (χ3n) is 5.09. The number of rotatable bonds is 3. The number of hydrogen-bond acceptors (Lipinski definition) is 4. The summed E-state index contributed by atoms with van der Waals surface area (Å²) in [5.41, 5.74) is 4.31. The maximum atomic E-state index is 13.5. The Morgan fingerprint density at radius 2 is 1.65 bits per heavy atom. The van der Waals surface area contributed by atoms with Gasteiger partial charge in [-0.3, -0.25) is 4.90 Å². The minimum Gasteiger partial charge on any atom is -0.548 e. The lowest BCUT2D eigenvalue weighted by molar-refractivity contribution is -0.310. The Balaban J connectivity index is 1.53. The van der Waals surface area contributed by atoms with Crippen LogP contribution >= 0.6 is 0 Å². The van der Waals surface area contributed by atoms with Crippen LogP contribution in [0.5, 0.6) is 0 Å². The summed E-state index contributed by atoms with van der Waals surface area (Å²) in [6, 6.07) is 14.5. The standard InChI is InChI=1S/C20H18FNO4/c21-12-9-18(19(23)24)22(10-12)20(25)26-11-17-15-7-3-1-5-13(15)14-6-2-4-8-16(14)17/h1-8,12,17-18H,9-11H2,(H,23,24)/p-1/t12-,18-/m0/s1. The second-order valence-corrected chi connectivity index (χ2v) is 6.62. The number of carbonyl (C=O) groups excluding carboxylic acids is 2. The quantitative estimate of drug-likeness (QED) is 0.846. The Morgan fingerprint density at radius 3 is 2.23 bits per heavy atom. The number of fused-ring (bicyclic) bond motifs is 3. The molecule has 0 bridgehead atoms. The van der Waals surface area contributed by atoms with E-state index in [2.05, 4.69) is 0 Å². The monoisotopic (exact) mass is 354 g/mol. The molecule has 4 rings (SSSR count). The highest BCUT2D eigenvalue weighted by Gasteiger charge is 2.38. The minimum absolute atomic E-state index is 0.0695. The molecule has 1 heterocycles. The van der Waals surface area contributed by atoms with Gasteiger partial charge in [0.25, 0.3) is 0 Å². The van der Waals surface area contributed by atoms with E-state index in [0.717, 1.165) is 27.2 Å². The van der Waals surface area contributed by atoms with E-state index < -0.39 is 24.3 Å². The number of ether oxygens (including phenoxy) is 1. The van der Waals surface area contributed by atoms with Crippen molar-refractivity contribution in [2.24, 2.45) is 0 Å². The molecule has 2 aromatic rings. The summed E-state index contributed by atoms with van der Waals surface area (Å²) in [6.07, 6.45) is -2.45. The van der Waals surface area contributed by atoms with Gasteiger partial charge >= 0.3 is 6.09 Å². The van der Waals surface area contributed by atoms with Crippen LogP contribution in [0.15, 0.2) is 48.5 Å². The summed E-state index contributed by atoms with van der Waals surface area (Å²) in [5, 5.41) is 11.1. The number of carbonyl (C=O) groups is 2. The van der Waals surface area contributed by atoms with E-state index >= 15 is 0 Å². The lowest BCUT2D eigenvalue weighted by Crippen LogP contribution is -2.47. The molecule has 6 heteroatoms. The van der Waals surface area contributed by atoms with Crippen molar-refractivity contribution in [3.63, 3.8) is 0 Å². The Kier molecular flexibility index (Phi) is 4.11. The molecule has 0 spiro atoms. The lowest BCUT2D eigenvalue weighted by Gasteiger charge is -2.25. The lowest BCUT2D eigenvalue weighted by atomic mass is 9.98. The zero-order chi connectivity index (χ0) is 18.3. The molecule has 26 heavy (non-hydrogen) atoms. The highest BCUT2D eigenvalue weighted by molar-refractivity contribution is 5.81. The van der Waals surface area contributed by atoms with Gasteiger partial charge in [-0.05, 0) is 22.3 Å². The molecule has 1 aliphatic carbocycles. The van der Waals surface area contributed by atoms with Crippen molar-refractivity contribution in [1.29, 1.82) is 0 Å². The summed E-state index contributed by atoms with van der Waals surface area (Å²) in [6.45, 7) is -0.213. The van der Waals surface area contributed by atoms with Crippen molar-refractivity contribution in [3.05, 3.63) is 59.7 Å². The smallest absolute Gasteiger partial charge is 0.410 e. The topological polar surface area (TPSA) is 69.7 Å². The van der Waals surface area contributed by atoms with Crippen LogP contribution in [-0.2, 0) is 9.53 Å². The van der Waals surface area contributed by atoms with E-state index in [1.54, 1.807) is 0 Å². The Morgan fingerprint density at radius 1 is 1.08 bits per heavy atom. The van der Waals surface area contributed by atoms with Gasteiger partial charge in [-0.15, -0.1) is 0 Å². The molecule has 2 aliphatic rings. The second-order valence-electron chi connectivity index (χ2n) is 6.62. The van der Waals surface area contributed by atoms with Crippen LogP contribution in [0.4, 0.5) is 9.18 Å². The van der Waals surface area contributed by atoms with Crippen LogP contribution in [0.2, 0.25) is 0 Å². The number of likely N-dealkylation sites (tertiary alicyclic amines) is 1. The van der Waals surface area contributed by atoms with Gasteiger partial charge in [-0.25, -0.2) is 9.18 Å². The van der Waals surface area contributed by atoms with Gasteiger partial charge in [0.15, 0.2) is 0 Å². The van der Waals surface area contributed by atoms with Gasteiger partial charge in [0, 0.05) is 12.3 Å². The van der Waals surface area contributed by atoms with Gasteiger partial charge < -0.3 is 14.6 Å². The van der Waals surface area contributed by atoms with E-state index in [-0.39, 0.29) is 25.5 Å². The number of nitrogens with zero attached hydrogens (tertiary/aromatic N) is 1. The summed E-state index contributed by atoms with van der Waals surface area (Å²) >= 11 is 0. The van der Waals surface area contributed by atoms with Crippen LogP contribution < -0.4 is 5.11 Å². The van der Waals surface area contributed by atoms with Gasteiger partial charge in [-0.1, -0.05) is 48.5 Å². The Labute approximate surface area is 150 Å². The third kappa shape index (κ3) is 2.71. The predicted molar refractivity (Wildman–Crippen MR) is 90.1 cm³/mol. The van der Waals surface area contributed by atoms with Gasteiger partial charge in [0.05, 0.1) is 18.6 Å². The molecule has 1 saturated heterocycles. The molecule has 1 aliphatic heterocycles. The summed E-state index contributed by atoms with van der Waals surface area (Å²) in [7, 11) is 0. The first-order valence-corrected chi connectivity index (χ1v) is 8.53. The molecule has 0 unspecified atom stereocenters. The van der Waals surface area contributed by atoms with Crippen molar-refractivity contribution in [3.8, 4) is 11.1 Å². The van der Waals surface area contributed by atoms with Gasteiger partial charge in [0.1, 0.15) is 12.8 Å². The van der Waals surface area contributed by atoms with E-state index in [4.69, 9.17) is 4.74 Å². The average molecular weight is 354 g/mol.